The first-order valence-corrected chi connectivity index (χ1v) is 8.15. The van der Waals surface area contributed by atoms with Gasteiger partial charge in [-0.15, -0.1) is 0 Å². The number of esters is 1. The van der Waals surface area contributed by atoms with Gasteiger partial charge < -0.3 is 10.1 Å². The highest BCUT2D eigenvalue weighted by Crippen LogP contribution is 2.19. The van der Waals surface area contributed by atoms with Crippen LogP contribution in [0.2, 0.25) is 0 Å². The van der Waals surface area contributed by atoms with E-state index in [0.717, 1.165) is 11.6 Å². The van der Waals surface area contributed by atoms with Gasteiger partial charge in [0.1, 0.15) is 5.82 Å². The molecule has 0 fully saturated rings. The van der Waals surface area contributed by atoms with Crippen molar-refractivity contribution in [2.75, 3.05) is 6.61 Å². The minimum absolute atomic E-state index is 0.0125. The average Bonchev–Trinajstić information content (AvgIpc) is 2.60. The topological polar surface area (TPSA) is 72.5 Å². The zero-order chi connectivity index (χ0) is 18.4. The maximum Gasteiger partial charge on any atom is 0.339 e. The number of carbonyl (C=O) groups is 3. The highest BCUT2D eigenvalue weighted by atomic mass is 79.9. The summed E-state index contributed by atoms with van der Waals surface area (Å²) in [5.74, 6) is -1.89. The second kappa shape index (κ2) is 8.53. The molecule has 0 radical (unpaired) electrons. The third-order valence-corrected chi connectivity index (χ3v) is 3.99. The lowest BCUT2D eigenvalue weighted by molar-refractivity contribution is -0.119. The van der Waals surface area contributed by atoms with Crippen molar-refractivity contribution in [3.8, 4) is 0 Å². The Morgan fingerprint density at radius 1 is 1.12 bits per heavy atom. The van der Waals surface area contributed by atoms with E-state index in [1.54, 1.807) is 24.3 Å². The number of benzene rings is 2. The molecule has 25 heavy (non-hydrogen) atoms. The zero-order valence-corrected chi connectivity index (χ0v) is 14.9. The summed E-state index contributed by atoms with van der Waals surface area (Å²) in [4.78, 5) is 34.9. The zero-order valence-electron chi connectivity index (χ0n) is 13.3. The molecule has 7 heteroatoms. The number of hydrogen-bond acceptors (Lipinski definition) is 4. The minimum Gasteiger partial charge on any atom is -0.454 e. The van der Waals surface area contributed by atoms with Gasteiger partial charge in [-0.2, -0.15) is 0 Å². The van der Waals surface area contributed by atoms with E-state index in [9.17, 15) is 18.8 Å². The summed E-state index contributed by atoms with van der Waals surface area (Å²) in [5.41, 5.74) is 1.23. The van der Waals surface area contributed by atoms with Crippen LogP contribution in [-0.4, -0.2) is 24.3 Å². The number of halogens is 2. The molecule has 0 aromatic heterocycles. The van der Waals surface area contributed by atoms with Crippen LogP contribution in [0.15, 0.2) is 46.9 Å². The van der Waals surface area contributed by atoms with Crippen LogP contribution in [0.25, 0.3) is 0 Å². The third-order valence-electron chi connectivity index (χ3n) is 3.30. The van der Waals surface area contributed by atoms with Gasteiger partial charge in [-0.05, 0) is 39.7 Å². The fourth-order valence-electron chi connectivity index (χ4n) is 1.98. The quantitative estimate of drug-likeness (QED) is 0.589. The Morgan fingerprint density at radius 2 is 1.80 bits per heavy atom. The molecule has 2 rings (SSSR count). The van der Waals surface area contributed by atoms with Gasteiger partial charge in [0.2, 0.25) is 5.91 Å². The lowest BCUT2D eigenvalue weighted by Crippen LogP contribution is -2.19. The number of amides is 1. The summed E-state index contributed by atoms with van der Waals surface area (Å²) in [5, 5.41) is 2.65. The van der Waals surface area contributed by atoms with Crippen molar-refractivity contribution in [1.82, 2.24) is 5.32 Å². The third kappa shape index (κ3) is 5.49. The molecule has 0 aliphatic rings. The van der Waals surface area contributed by atoms with E-state index in [1.165, 1.54) is 19.1 Å². The molecular formula is C18H15BrFNO4. The Bertz CT molecular complexity index is 805. The number of rotatable bonds is 6. The van der Waals surface area contributed by atoms with Crippen LogP contribution in [0.5, 0.6) is 0 Å². The summed E-state index contributed by atoms with van der Waals surface area (Å²) in [6.45, 7) is 1.34. The monoisotopic (exact) mass is 407 g/mol. The van der Waals surface area contributed by atoms with E-state index in [0.29, 0.717) is 16.6 Å². The standard InChI is InChI=1S/C18H15BrFNO4/c1-11(22)21-9-12-2-4-13(5-3-12)17(23)10-25-18(24)15-8-14(20)6-7-16(15)19/h2-8H,9-10H2,1H3,(H,21,22). The molecule has 0 saturated heterocycles. The number of nitrogens with one attached hydrogen (secondary N) is 1. The fraction of sp³-hybridized carbons (Fsp3) is 0.167. The lowest BCUT2D eigenvalue weighted by Gasteiger charge is -2.07. The van der Waals surface area contributed by atoms with Gasteiger partial charge in [0.15, 0.2) is 12.4 Å². The number of ether oxygens (including phenoxy) is 1. The van der Waals surface area contributed by atoms with Crippen LogP contribution < -0.4 is 5.32 Å². The van der Waals surface area contributed by atoms with E-state index < -0.39 is 18.4 Å². The van der Waals surface area contributed by atoms with Crippen molar-refractivity contribution in [2.45, 2.75) is 13.5 Å². The Balaban J connectivity index is 1.94. The molecule has 0 aliphatic carbocycles. The van der Waals surface area contributed by atoms with Crippen LogP contribution in [0.3, 0.4) is 0 Å². The molecule has 130 valence electrons. The number of hydrogen-bond donors (Lipinski definition) is 1. The fourth-order valence-corrected chi connectivity index (χ4v) is 2.39. The second-order valence-electron chi connectivity index (χ2n) is 5.23. The van der Waals surface area contributed by atoms with Crippen molar-refractivity contribution in [2.24, 2.45) is 0 Å². The Morgan fingerprint density at radius 3 is 2.44 bits per heavy atom. The molecule has 0 bridgehead atoms. The van der Waals surface area contributed by atoms with E-state index in [-0.39, 0.29) is 17.3 Å². The largest absolute Gasteiger partial charge is 0.454 e. The van der Waals surface area contributed by atoms with Crippen LogP contribution in [-0.2, 0) is 16.1 Å². The number of ketones is 1. The van der Waals surface area contributed by atoms with E-state index in [4.69, 9.17) is 4.74 Å². The predicted octanol–water partition coefficient (Wildman–Crippen LogP) is 3.26. The first-order chi connectivity index (χ1) is 11.9. The summed E-state index contributed by atoms with van der Waals surface area (Å²) >= 11 is 3.13. The van der Waals surface area contributed by atoms with Crippen molar-refractivity contribution in [3.05, 3.63) is 69.4 Å². The van der Waals surface area contributed by atoms with E-state index in [1.807, 2.05) is 0 Å². The second-order valence-corrected chi connectivity index (χ2v) is 6.08. The van der Waals surface area contributed by atoms with Crippen LogP contribution >= 0.6 is 15.9 Å². The van der Waals surface area contributed by atoms with Gasteiger partial charge in [0.05, 0.1) is 5.56 Å². The predicted molar refractivity (Wildman–Crippen MR) is 92.7 cm³/mol. The lowest BCUT2D eigenvalue weighted by atomic mass is 10.1. The molecule has 0 saturated carbocycles. The molecule has 5 nitrogen and oxygen atoms in total. The highest BCUT2D eigenvalue weighted by molar-refractivity contribution is 9.10. The van der Waals surface area contributed by atoms with Crippen molar-refractivity contribution in [1.29, 1.82) is 0 Å². The first kappa shape index (κ1) is 18.8. The normalized spacial score (nSPS) is 10.2. The molecular weight excluding hydrogens is 393 g/mol. The van der Waals surface area contributed by atoms with Crippen molar-refractivity contribution in [3.63, 3.8) is 0 Å². The van der Waals surface area contributed by atoms with E-state index >= 15 is 0 Å². The van der Waals surface area contributed by atoms with Gasteiger partial charge in [0.25, 0.3) is 0 Å². The summed E-state index contributed by atoms with van der Waals surface area (Å²) < 4.78 is 18.5. The summed E-state index contributed by atoms with van der Waals surface area (Å²) in [6, 6.07) is 10.2. The first-order valence-electron chi connectivity index (χ1n) is 7.35. The van der Waals surface area contributed by atoms with Gasteiger partial charge in [-0.3, -0.25) is 9.59 Å². The molecule has 0 spiro atoms. The highest BCUT2D eigenvalue weighted by Gasteiger charge is 2.15. The van der Waals surface area contributed by atoms with E-state index in [2.05, 4.69) is 21.2 Å². The van der Waals surface area contributed by atoms with Gasteiger partial charge in [0, 0.05) is 23.5 Å². The van der Waals surface area contributed by atoms with Crippen molar-refractivity contribution < 1.29 is 23.5 Å². The van der Waals surface area contributed by atoms with Crippen molar-refractivity contribution >= 4 is 33.6 Å². The maximum absolute atomic E-state index is 13.2. The van der Waals surface area contributed by atoms with Crippen LogP contribution in [0.4, 0.5) is 4.39 Å². The Kier molecular flexibility index (Phi) is 6.41. The molecule has 0 aliphatic heterocycles. The Hall–Kier alpha value is -2.54. The Labute approximate surface area is 152 Å². The average molecular weight is 408 g/mol. The number of Topliss-reactive ketones (excluding diaryl/α,β-unsaturated/α-hetero) is 1. The molecule has 1 N–H and O–H groups in total. The van der Waals surface area contributed by atoms with Crippen LogP contribution in [0.1, 0.15) is 33.2 Å². The van der Waals surface area contributed by atoms with Gasteiger partial charge in [-0.25, -0.2) is 9.18 Å². The van der Waals surface area contributed by atoms with Crippen LogP contribution in [0, 0.1) is 5.82 Å². The molecule has 0 atom stereocenters. The smallest absolute Gasteiger partial charge is 0.339 e. The molecule has 2 aromatic carbocycles. The molecule has 0 unspecified atom stereocenters. The van der Waals surface area contributed by atoms with Gasteiger partial charge in [-0.1, -0.05) is 24.3 Å². The van der Waals surface area contributed by atoms with Gasteiger partial charge >= 0.3 is 5.97 Å². The summed E-state index contributed by atoms with van der Waals surface area (Å²) in [7, 11) is 0. The maximum atomic E-state index is 13.2. The molecule has 1 amide bonds. The number of carbonyl (C=O) groups excluding carboxylic acids is 3. The molecule has 2 aromatic rings. The minimum atomic E-state index is -0.790. The summed E-state index contributed by atoms with van der Waals surface area (Å²) in [6.07, 6.45) is 0. The SMILES string of the molecule is CC(=O)NCc1ccc(C(=O)COC(=O)c2cc(F)ccc2Br)cc1. The molecule has 0 heterocycles.